The molecule has 0 aliphatic rings. The number of Topliss-reactive ketones (excluding diaryl/α,β-unsaturated/α-hetero) is 1. The monoisotopic (exact) mass is 173 g/mol. The summed E-state index contributed by atoms with van der Waals surface area (Å²) in [6.07, 6.45) is 0.452. The number of nitrogens with zero attached hydrogens (tertiary/aromatic N) is 1. The molecule has 0 saturated heterocycles. The van der Waals surface area contributed by atoms with Gasteiger partial charge in [0.2, 0.25) is 6.79 Å². The maximum absolute atomic E-state index is 10.9. The van der Waals surface area contributed by atoms with Crippen LogP contribution in [0.25, 0.3) is 0 Å². The van der Waals surface area contributed by atoms with Gasteiger partial charge in [0.25, 0.3) is 0 Å². The van der Waals surface area contributed by atoms with Gasteiger partial charge in [-0.1, -0.05) is 12.1 Å². The summed E-state index contributed by atoms with van der Waals surface area (Å²) in [5.74, 6) is -0.00787. The molecule has 4 nitrogen and oxygen atoms in total. The Morgan fingerprint density at radius 3 is 2.58 bits per heavy atom. The second-order valence-electron chi connectivity index (χ2n) is 2.19. The lowest BCUT2D eigenvalue weighted by molar-refractivity contribution is -0.113. The Morgan fingerprint density at radius 2 is 2.08 bits per heavy atom. The summed E-state index contributed by atoms with van der Waals surface area (Å²) in [5.41, 5.74) is 0.386. The van der Waals surface area contributed by atoms with Crippen molar-refractivity contribution in [2.75, 3.05) is 13.4 Å². The molecule has 0 atom stereocenters. The molecule has 0 fully saturated rings. The maximum Gasteiger partial charge on any atom is 0.216 e. The van der Waals surface area contributed by atoms with Gasteiger partial charge in [-0.25, -0.2) is 0 Å². The minimum Gasteiger partial charge on any atom is -0.367 e. The highest BCUT2D eigenvalue weighted by atomic mass is 16.7. The van der Waals surface area contributed by atoms with Crippen LogP contribution in [0.4, 0.5) is 0 Å². The second-order valence-corrected chi connectivity index (χ2v) is 2.19. The Hall–Kier alpha value is -0.900. The third-order valence-electron chi connectivity index (χ3n) is 1.27. The lowest BCUT2D eigenvalue weighted by Crippen LogP contribution is -2.09. The predicted octanol–water partition coefficient (Wildman–Crippen LogP) is 1.35. The highest BCUT2D eigenvalue weighted by Gasteiger charge is 2.01. The molecular formula is C8H15NO3. The van der Waals surface area contributed by atoms with Crippen molar-refractivity contribution in [3.05, 3.63) is 0 Å². The summed E-state index contributed by atoms with van der Waals surface area (Å²) >= 11 is 0. The van der Waals surface area contributed by atoms with Gasteiger partial charge in [-0.05, 0) is 13.8 Å². The van der Waals surface area contributed by atoms with E-state index in [9.17, 15) is 4.79 Å². The van der Waals surface area contributed by atoms with Crippen LogP contribution in [-0.4, -0.2) is 24.9 Å². The summed E-state index contributed by atoms with van der Waals surface area (Å²) in [4.78, 5) is 15.6. The smallest absolute Gasteiger partial charge is 0.216 e. The normalized spacial score (nSPS) is 11.4. The van der Waals surface area contributed by atoms with Crippen LogP contribution in [0.2, 0.25) is 0 Å². The van der Waals surface area contributed by atoms with Crippen LogP contribution < -0.4 is 0 Å². The van der Waals surface area contributed by atoms with Crippen molar-refractivity contribution in [2.45, 2.75) is 27.2 Å². The molecule has 0 aliphatic heterocycles. The second kappa shape index (κ2) is 6.79. The zero-order chi connectivity index (χ0) is 9.40. The van der Waals surface area contributed by atoms with Crippen molar-refractivity contribution < 1.29 is 14.4 Å². The largest absolute Gasteiger partial charge is 0.367 e. The SMILES string of the molecule is CCOCON=C(C)C(=O)CC. The van der Waals surface area contributed by atoms with Crippen LogP contribution in [-0.2, 0) is 14.4 Å². The van der Waals surface area contributed by atoms with E-state index in [0.717, 1.165) is 0 Å². The minimum absolute atomic E-state index is 0.00787. The van der Waals surface area contributed by atoms with E-state index < -0.39 is 0 Å². The van der Waals surface area contributed by atoms with E-state index in [2.05, 4.69) is 5.16 Å². The summed E-state index contributed by atoms with van der Waals surface area (Å²) in [5, 5.41) is 3.57. The van der Waals surface area contributed by atoms with Crippen LogP contribution >= 0.6 is 0 Å². The van der Waals surface area contributed by atoms with Crippen molar-refractivity contribution in [3.8, 4) is 0 Å². The molecule has 0 amide bonds. The number of hydrogen-bond acceptors (Lipinski definition) is 4. The molecule has 4 heteroatoms. The van der Waals surface area contributed by atoms with Crippen molar-refractivity contribution in [2.24, 2.45) is 5.16 Å². The molecular weight excluding hydrogens is 158 g/mol. The van der Waals surface area contributed by atoms with E-state index >= 15 is 0 Å². The molecule has 0 N–H and O–H groups in total. The van der Waals surface area contributed by atoms with E-state index in [1.165, 1.54) is 0 Å². The van der Waals surface area contributed by atoms with Gasteiger partial charge in [-0.2, -0.15) is 0 Å². The van der Waals surface area contributed by atoms with E-state index in [1.807, 2.05) is 6.92 Å². The van der Waals surface area contributed by atoms with Gasteiger partial charge >= 0.3 is 0 Å². The fourth-order valence-electron chi connectivity index (χ4n) is 0.551. The quantitative estimate of drug-likeness (QED) is 0.263. The molecule has 0 radical (unpaired) electrons. The fourth-order valence-corrected chi connectivity index (χ4v) is 0.551. The Bertz CT molecular complexity index is 166. The van der Waals surface area contributed by atoms with Crippen LogP contribution in [0.5, 0.6) is 0 Å². The molecule has 0 aromatic carbocycles. The molecule has 12 heavy (non-hydrogen) atoms. The number of rotatable bonds is 6. The van der Waals surface area contributed by atoms with Crippen molar-refractivity contribution in [3.63, 3.8) is 0 Å². The molecule has 0 aromatic rings. The van der Waals surface area contributed by atoms with E-state index in [1.54, 1.807) is 13.8 Å². The van der Waals surface area contributed by atoms with Crippen LogP contribution in [0.3, 0.4) is 0 Å². The molecule has 0 spiro atoms. The lowest BCUT2D eigenvalue weighted by Gasteiger charge is -1.99. The Balaban J connectivity index is 3.61. The van der Waals surface area contributed by atoms with E-state index in [4.69, 9.17) is 9.57 Å². The van der Waals surface area contributed by atoms with Gasteiger partial charge < -0.3 is 9.57 Å². The Labute approximate surface area is 72.5 Å². The lowest BCUT2D eigenvalue weighted by atomic mass is 10.2. The van der Waals surface area contributed by atoms with Gasteiger partial charge in [0.1, 0.15) is 5.71 Å². The van der Waals surface area contributed by atoms with Crippen LogP contribution in [0.15, 0.2) is 5.16 Å². The number of carbonyl (C=O) groups excluding carboxylic acids is 1. The zero-order valence-electron chi connectivity index (χ0n) is 7.79. The molecule has 0 saturated carbocycles. The molecule has 0 aromatic heterocycles. The maximum atomic E-state index is 10.9. The first-order valence-corrected chi connectivity index (χ1v) is 3.99. The minimum atomic E-state index is -0.00787. The molecule has 0 heterocycles. The summed E-state index contributed by atoms with van der Waals surface area (Å²) in [7, 11) is 0. The summed E-state index contributed by atoms with van der Waals surface area (Å²) in [6.45, 7) is 5.94. The third-order valence-corrected chi connectivity index (χ3v) is 1.27. The first-order valence-electron chi connectivity index (χ1n) is 3.99. The number of hydrogen-bond donors (Lipinski definition) is 0. The van der Waals surface area contributed by atoms with Gasteiger partial charge in [0.15, 0.2) is 5.78 Å². The van der Waals surface area contributed by atoms with Crippen LogP contribution in [0, 0.1) is 0 Å². The average Bonchev–Trinajstić information content (AvgIpc) is 2.10. The van der Waals surface area contributed by atoms with E-state index in [-0.39, 0.29) is 12.6 Å². The molecule has 70 valence electrons. The van der Waals surface area contributed by atoms with Crippen LogP contribution in [0.1, 0.15) is 27.2 Å². The number of ether oxygens (including phenoxy) is 1. The third kappa shape index (κ3) is 4.85. The first-order chi connectivity index (χ1) is 5.72. The zero-order valence-corrected chi connectivity index (χ0v) is 7.79. The van der Waals surface area contributed by atoms with Gasteiger partial charge in [0, 0.05) is 13.0 Å². The Kier molecular flexibility index (Phi) is 6.28. The number of ketones is 1. The van der Waals surface area contributed by atoms with Gasteiger partial charge in [0.05, 0.1) is 0 Å². The highest BCUT2D eigenvalue weighted by Crippen LogP contribution is 1.88. The molecule has 0 rings (SSSR count). The Morgan fingerprint density at radius 1 is 1.42 bits per heavy atom. The first kappa shape index (κ1) is 11.1. The predicted molar refractivity (Wildman–Crippen MR) is 46.0 cm³/mol. The van der Waals surface area contributed by atoms with Crippen molar-refractivity contribution in [1.29, 1.82) is 0 Å². The topological polar surface area (TPSA) is 47.9 Å². The highest BCUT2D eigenvalue weighted by molar-refractivity contribution is 6.38. The van der Waals surface area contributed by atoms with Crippen molar-refractivity contribution in [1.82, 2.24) is 0 Å². The fraction of sp³-hybridized carbons (Fsp3) is 0.750. The van der Waals surface area contributed by atoms with Gasteiger partial charge in [-0.15, -0.1) is 0 Å². The summed E-state index contributed by atoms with van der Waals surface area (Å²) < 4.78 is 4.86. The number of carbonyl (C=O) groups is 1. The van der Waals surface area contributed by atoms with Crippen molar-refractivity contribution >= 4 is 11.5 Å². The van der Waals surface area contributed by atoms with E-state index in [0.29, 0.717) is 18.7 Å². The average molecular weight is 173 g/mol. The summed E-state index contributed by atoms with van der Waals surface area (Å²) in [6, 6.07) is 0. The molecule has 0 bridgehead atoms. The standard InChI is InChI=1S/C8H15NO3/c1-4-8(10)7(3)9-12-6-11-5-2/h4-6H2,1-3H3. The number of oxime groups is 1. The molecule has 0 aliphatic carbocycles. The van der Waals surface area contributed by atoms with Gasteiger partial charge in [-0.3, -0.25) is 4.79 Å². The molecule has 0 unspecified atom stereocenters.